The van der Waals surface area contributed by atoms with E-state index in [1.54, 1.807) is 6.07 Å². The van der Waals surface area contributed by atoms with E-state index in [4.69, 9.17) is 0 Å². The predicted octanol–water partition coefficient (Wildman–Crippen LogP) is 5.07. The Morgan fingerprint density at radius 2 is 1.96 bits per heavy atom. The van der Waals surface area contributed by atoms with E-state index in [0.29, 0.717) is 6.54 Å². The Balaban J connectivity index is 1.35. The third-order valence-electron chi connectivity index (χ3n) is 6.35. The van der Waals surface area contributed by atoms with Crippen molar-refractivity contribution < 1.29 is 17.9 Å². The molecule has 158 valence electrons. The lowest BCUT2D eigenvalue weighted by atomic mass is 9.98. The highest BCUT2D eigenvalue weighted by Crippen LogP contribution is 2.51. The minimum Gasteiger partial charge on any atom is -0.406 e. The Kier molecular flexibility index (Phi) is 7.26. The topological polar surface area (TPSA) is 24.5 Å². The molecule has 6 heteroatoms. The van der Waals surface area contributed by atoms with Crippen LogP contribution in [0.3, 0.4) is 0 Å². The van der Waals surface area contributed by atoms with Crippen LogP contribution in [0.15, 0.2) is 24.3 Å². The van der Waals surface area contributed by atoms with Crippen LogP contribution < -0.4 is 10.1 Å². The Bertz CT molecular complexity index is 610. The van der Waals surface area contributed by atoms with Crippen molar-refractivity contribution in [3.8, 4) is 5.75 Å². The van der Waals surface area contributed by atoms with E-state index in [9.17, 15) is 13.2 Å². The third-order valence-corrected chi connectivity index (χ3v) is 6.35. The van der Waals surface area contributed by atoms with Crippen LogP contribution in [-0.2, 0) is 6.54 Å². The molecule has 0 amide bonds. The van der Waals surface area contributed by atoms with Crippen LogP contribution in [0.4, 0.5) is 13.2 Å². The van der Waals surface area contributed by atoms with Gasteiger partial charge in [-0.15, -0.1) is 13.2 Å². The molecule has 0 aromatic heterocycles. The molecule has 2 aliphatic rings. The molecule has 3 nitrogen and oxygen atoms in total. The van der Waals surface area contributed by atoms with Gasteiger partial charge in [-0.2, -0.15) is 0 Å². The number of fused-ring (bicyclic) bond motifs is 1. The highest BCUT2D eigenvalue weighted by molar-refractivity contribution is 5.28. The summed E-state index contributed by atoms with van der Waals surface area (Å²) in [4.78, 5) is 2.65. The summed E-state index contributed by atoms with van der Waals surface area (Å²) in [6.07, 6.45) is 0.591. The summed E-state index contributed by atoms with van der Waals surface area (Å²) < 4.78 is 41.0. The number of benzene rings is 1. The van der Waals surface area contributed by atoms with Gasteiger partial charge in [0.25, 0.3) is 0 Å². The van der Waals surface area contributed by atoms with E-state index in [-0.39, 0.29) is 5.75 Å². The lowest BCUT2D eigenvalue weighted by Gasteiger charge is -2.25. The fraction of sp³-hybridized carbons (Fsp3) is 0.727. The van der Waals surface area contributed by atoms with Crippen molar-refractivity contribution in [2.24, 2.45) is 23.7 Å². The number of hydrogen-bond acceptors (Lipinski definition) is 3. The normalized spacial score (nSPS) is 25.5. The van der Waals surface area contributed by atoms with Crippen LogP contribution in [-0.4, -0.2) is 37.4 Å². The zero-order chi connectivity index (χ0) is 20.1. The largest absolute Gasteiger partial charge is 0.573 e. The summed E-state index contributed by atoms with van der Waals surface area (Å²) in [6.45, 7) is 9.76. The summed E-state index contributed by atoms with van der Waals surface area (Å²) in [7, 11) is 0. The van der Waals surface area contributed by atoms with Crippen LogP contribution in [0.25, 0.3) is 0 Å². The maximum atomic E-state index is 12.3. The number of halogens is 3. The van der Waals surface area contributed by atoms with Crippen LogP contribution in [0.5, 0.6) is 5.75 Å². The lowest BCUT2D eigenvalue weighted by molar-refractivity contribution is -0.274. The van der Waals surface area contributed by atoms with E-state index < -0.39 is 6.36 Å². The first-order valence-electron chi connectivity index (χ1n) is 10.7. The molecule has 1 saturated heterocycles. The number of nitrogens with one attached hydrogen (secondary N) is 1. The number of piperidine rings is 1. The van der Waals surface area contributed by atoms with Gasteiger partial charge in [-0.3, -0.25) is 0 Å². The maximum Gasteiger partial charge on any atom is 0.573 e. The monoisotopic (exact) mass is 398 g/mol. The summed E-state index contributed by atoms with van der Waals surface area (Å²) >= 11 is 0. The second kappa shape index (κ2) is 9.49. The summed E-state index contributed by atoms with van der Waals surface area (Å²) in [6, 6.07) is 6.22. The molecule has 3 rings (SSSR count). The second-order valence-corrected chi connectivity index (χ2v) is 8.45. The Labute approximate surface area is 166 Å². The summed E-state index contributed by atoms with van der Waals surface area (Å²) in [5.74, 6) is 3.01. The van der Waals surface area contributed by atoms with Crippen LogP contribution in [0.1, 0.15) is 45.1 Å². The maximum absolute atomic E-state index is 12.3. The van der Waals surface area contributed by atoms with Gasteiger partial charge in [-0.25, -0.2) is 0 Å². The van der Waals surface area contributed by atoms with Gasteiger partial charge in [0.05, 0.1) is 0 Å². The highest BCUT2D eigenvalue weighted by atomic mass is 19.4. The molecular formula is C22H33F3N2O. The first-order chi connectivity index (χ1) is 13.4. The highest BCUT2D eigenvalue weighted by Gasteiger charge is 2.54. The van der Waals surface area contributed by atoms with Crippen molar-refractivity contribution in [1.29, 1.82) is 0 Å². The number of rotatable bonds is 11. The van der Waals surface area contributed by atoms with Gasteiger partial charge < -0.3 is 15.0 Å². The van der Waals surface area contributed by atoms with Gasteiger partial charge in [0.1, 0.15) is 5.75 Å². The minimum atomic E-state index is -4.64. The molecule has 0 radical (unpaired) electrons. The van der Waals surface area contributed by atoms with E-state index in [2.05, 4.69) is 28.8 Å². The molecule has 1 saturated carbocycles. The Morgan fingerprint density at radius 1 is 1.21 bits per heavy atom. The van der Waals surface area contributed by atoms with Crippen molar-refractivity contribution >= 4 is 0 Å². The Hall–Kier alpha value is -1.27. The van der Waals surface area contributed by atoms with E-state index in [1.165, 1.54) is 57.5 Å². The number of unbranched alkanes of at least 4 members (excludes halogenated alkanes) is 1. The first kappa shape index (κ1) is 21.4. The number of likely N-dealkylation sites (tertiary alicyclic amines) is 1. The van der Waals surface area contributed by atoms with Gasteiger partial charge in [-0.05, 0) is 54.3 Å². The number of alkyl halides is 3. The van der Waals surface area contributed by atoms with Gasteiger partial charge in [0.2, 0.25) is 0 Å². The summed E-state index contributed by atoms with van der Waals surface area (Å²) in [5, 5.41) is 3.42. The first-order valence-corrected chi connectivity index (χ1v) is 10.7. The van der Waals surface area contributed by atoms with E-state index in [1.807, 2.05) is 6.07 Å². The molecule has 2 fully saturated rings. The quantitative estimate of drug-likeness (QED) is 0.563. The molecule has 1 aromatic rings. The molecule has 0 bridgehead atoms. The number of nitrogens with zero attached hydrogens (tertiary/aromatic N) is 1. The summed E-state index contributed by atoms with van der Waals surface area (Å²) in [5.41, 5.74) is 0.816. The lowest BCUT2D eigenvalue weighted by Crippen LogP contribution is -2.31. The molecule has 1 aliphatic carbocycles. The van der Waals surface area contributed by atoms with Gasteiger partial charge in [0.15, 0.2) is 0 Å². The number of ether oxygens (including phenoxy) is 1. The van der Waals surface area contributed by atoms with Gasteiger partial charge in [-0.1, -0.05) is 45.2 Å². The molecule has 3 atom stereocenters. The molecule has 0 spiro atoms. The zero-order valence-corrected chi connectivity index (χ0v) is 17.0. The molecular weight excluding hydrogens is 365 g/mol. The van der Waals surface area contributed by atoms with Crippen LogP contribution in [0.2, 0.25) is 0 Å². The van der Waals surface area contributed by atoms with Crippen molar-refractivity contribution in [2.45, 2.75) is 52.4 Å². The van der Waals surface area contributed by atoms with Crippen molar-refractivity contribution in [3.05, 3.63) is 29.8 Å². The molecule has 1 N–H and O–H groups in total. The third kappa shape index (κ3) is 6.11. The number of hydrogen-bond donors (Lipinski definition) is 1. The van der Waals surface area contributed by atoms with Gasteiger partial charge in [0, 0.05) is 26.2 Å². The minimum absolute atomic E-state index is 0.153. The fourth-order valence-electron chi connectivity index (χ4n) is 4.71. The molecule has 3 unspecified atom stereocenters. The SMILES string of the molecule is CCCCC(CC)CN1CC2C(CNCc3cccc(OC(F)(F)F)c3)C2C1. The second-order valence-electron chi connectivity index (χ2n) is 8.45. The Morgan fingerprint density at radius 3 is 2.61 bits per heavy atom. The van der Waals surface area contributed by atoms with Crippen molar-refractivity contribution in [1.82, 2.24) is 10.2 Å². The van der Waals surface area contributed by atoms with Crippen LogP contribution >= 0.6 is 0 Å². The smallest absolute Gasteiger partial charge is 0.406 e. The zero-order valence-electron chi connectivity index (χ0n) is 17.0. The van der Waals surface area contributed by atoms with Gasteiger partial charge >= 0.3 is 6.36 Å². The average Bonchev–Trinajstić information content (AvgIpc) is 3.08. The van der Waals surface area contributed by atoms with Crippen molar-refractivity contribution in [3.63, 3.8) is 0 Å². The molecule has 1 aliphatic heterocycles. The van der Waals surface area contributed by atoms with E-state index >= 15 is 0 Å². The molecule has 28 heavy (non-hydrogen) atoms. The van der Waals surface area contributed by atoms with Crippen molar-refractivity contribution in [2.75, 3.05) is 26.2 Å². The average molecular weight is 399 g/mol. The standard InChI is InChI=1S/C22H33F3N2O/c1-3-5-7-16(4-2)13-27-14-20-19(21(20)15-27)12-26-11-17-8-6-9-18(10-17)28-22(23,24)25/h6,8-10,16,19-21,26H,3-5,7,11-15H2,1-2H3. The van der Waals surface area contributed by atoms with Crippen LogP contribution in [0, 0.1) is 23.7 Å². The molecule has 1 heterocycles. The van der Waals surface area contributed by atoms with E-state index in [0.717, 1.165) is 35.8 Å². The molecule has 1 aromatic carbocycles. The predicted molar refractivity (Wildman–Crippen MR) is 105 cm³/mol. The fourth-order valence-corrected chi connectivity index (χ4v) is 4.71.